The zero-order valence-corrected chi connectivity index (χ0v) is 10.1. The number of hydrogen-bond donors (Lipinski definition) is 0. The van der Waals surface area contributed by atoms with Gasteiger partial charge in [0.05, 0.1) is 12.7 Å². The number of Topliss-reactive ketones (excluding diaryl/α,β-unsaturated/α-hetero) is 1. The zero-order chi connectivity index (χ0) is 12.3. The number of halogens is 1. The number of carbonyl (C=O) groups is 1. The molecule has 1 aromatic carbocycles. The molecule has 0 amide bonds. The summed E-state index contributed by atoms with van der Waals surface area (Å²) >= 11 is 0. The monoisotopic (exact) mass is 224 g/mol. The Morgan fingerprint density at radius 3 is 2.44 bits per heavy atom. The molecule has 2 nitrogen and oxygen atoms in total. The molecule has 0 atom stereocenters. The van der Waals surface area contributed by atoms with Crippen LogP contribution in [0.15, 0.2) is 18.2 Å². The van der Waals surface area contributed by atoms with E-state index < -0.39 is 5.82 Å². The fraction of sp³-hybridized carbons (Fsp3) is 0.462. The van der Waals surface area contributed by atoms with Gasteiger partial charge in [-0.25, -0.2) is 4.39 Å². The summed E-state index contributed by atoms with van der Waals surface area (Å²) in [7, 11) is 1.46. The van der Waals surface area contributed by atoms with Crippen LogP contribution in [0, 0.1) is 11.2 Å². The molecular formula is C13H17FO2. The minimum atomic E-state index is -0.520. The minimum absolute atomic E-state index is 0.135. The van der Waals surface area contributed by atoms with Crippen LogP contribution in [0.25, 0.3) is 0 Å². The second-order valence-electron chi connectivity index (χ2n) is 5.01. The van der Waals surface area contributed by atoms with Gasteiger partial charge in [-0.2, -0.15) is 0 Å². The Bertz CT molecular complexity index is 391. The molecule has 88 valence electrons. The van der Waals surface area contributed by atoms with Crippen molar-refractivity contribution in [1.29, 1.82) is 0 Å². The molecule has 0 unspecified atom stereocenters. The smallest absolute Gasteiger partial charge is 0.166 e. The highest BCUT2D eigenvalue weighted by Gasteiger charge is 2.19. The van der Waals surface area contributed by atoms with E-state index in [1.807, 2.05) is 20.8 Å². The number of benzene rings is 1. The molecule has 0 radical (unpaired) electrons. The maximum atomic E-state index is 13.6. The number of carbonyl (C=O) groups excluding carboxylic acids is 1. The number of ether oxygens (including phenoxy) is 1. The summed E-state index contributed by atoms with van der Waals surface area (Å²) in [5.41, 5.74) is -0.000535. The number of rotatable bonds is 3. The molecule has 0 aliphatic carbocycles. The van der Waals surface area contributed by atoms with Gasteiger partial charge in [0.25, 0.3) is 0 Å². The lowest BCUT2D eigenvalue weighted by molar-refractivity contribution is 0.0936. The molecule has 1 aromatic rings. The molecular weight excluding hydrogens is 207 g/mol. The highest BCUT2D eigenvalue weighted by atomic mass is 19.1. The second kappa shape index (κ2) is 4.64. The van der Waals surface area contributed by atoms with Gasteiger partial charge in [-0.05, 0) is 17.5 Å². The first kappa shape index (κ1) is 12.7. The van der Waals surface area contributed by atoms with Crippen LogP contribution < -0.4 is 4.74 Å². The van der Waals surface area contributed by atoms with Crippen molar-refractivity contribution in [2.75, 3.05) is 7.11 Å². The van der Waals surface area contributed by atoms with E-state index in [1.54, 1.807) is 6.07 Å². The summed E-state index contributed by atoms with van der Waals surface area (Å²) in [4.78, 5) is 11.8. The maximum Gasteiger partial charge on any atom is 0.166 e. The van der Waals surface area contributed by atoms with Crippen molar-refractivity contribution in [3.05, 3.63) is 29.6 Å². The molecule has 0 N–H and O–H groups in total. The van der Waals surface area contributed by atoms with Crippen molar-refractivity contribution in [2.24, 2.45) is 5.41 Å². The lowest BCUT2D eigenvalue weighted by Gasteiger charge is -2.17. The second-order valence-corrected chi connectivity index (χ2v) is 5.01. The van der Waals surface area contributed by atoms with Crippen LogP contribution in [0.4, 0.5) is 4.39 Å². The van der Waals surface area contributed by atoms with Crippen LogP contribution >= 0.6 is 0 Å². The molecule has 0 heterocycles. The van der Waals surface area contributed by atoms with E-state index in [4.69, 9.17) is 4.74 Å². The van der Waals surface area contributed by atoms with Crippen molar-refractivity contribution >= 4 is 5.78 Å². The third-order valence-electron chi connectivity index (χ3n) is 2.17. The lowest BCUT2D eigenvalue weighted by atomic mass is 9.88. The zero-order valence-electron chi connectivity index (χ0n) is 10.1. The first-order chi connectivity index (χ1) is 7.33. The molecule has 0 saturated heterocycles. The summed E-state index contributed by atoms with van der Waals surface area (Å²) in [6.45, 7) is 5.85. The summed E-state index contributed by atoms with van der Waals surface area (Å²) < 4.78 is 18.4. The molecule has 3 heteroatoms. The Kier molecular flexibility index (Phi) is 3.68. The van der Waals surface area contributed by atoms with Gasteiger partial charge in [-0.1, -0.05) is 20.8 Å². The maximum absolute atomic E-state index is 13.6. The molecule has 0 spiro atoms. The van der Waals surface area contributed by atoms with Crippen molar-refractivity contribution < 1.29 is 13.9 Å². The van der Waals surface area contributed by atoms with Gasteiger partial charge in [0.15, 0.2) is 5.78 Å². The van der Waals surface area contributed by atoms with E-state index in [2.05, 4.69) is 0 Å². The van der Waals surface area contributed by atoms with Gasteiger partial charge in [-0.15, -0.1) is 0 Å². The molecule has 16 heavy (non-hydrogen) atoms. The molecule has 0 aliphatic rings. The molecule has 0 fully saturated rings. The SMILES string of the molecule is COc1ccc(C(=O)CC(C)(C)C)c(F)c1. The number of methoxy groups -OCH3 is 1. The van der Waals surface area contributed by atoms with E-state index in [1.165, 1.54) is 19.2 Å². The Labute approximate surface area is 95.4 Å². The Morgan fingerprint density at radius 1 is 1.38 bits per heavy atom. The molecule has 1 rings (SSSR count). The highest BCUT2D eigenvalue weighted by Crippen LogP contribution is 2.24. The van der Waals surface area contributed by atoms with Gasteiger partial charge in [-0.3, -0.25) is 4.79 Å². The van der Waals surface area contributed by atoms with Crippen LogP contribution in [-0.2, 0) is 0 Å². The lowest BCUT2D eigenvalue weighted by Crippen LogP contribution is -2.14. The van der Waals surface area contributed by atoms with E-state index in [0.29, 0.717) is 12.2 Å². The van der Waals surface area contributed by atoms with Crippen LogP contribution in [0.3, 0.4) is 0 Å². The van der Waals surface area contributed by atoms with Crippen molar-refractivity contribution in [2.45, 2.75) is 27.2 Å². The van der Waals surface area contributed by atoms with E-state index in [-0.39, 0.29) is 16.8 Å². The summed E-state index contributed by atoms with van der Waals surface area (Å²) in [5, 5.41) is 0. The van der Waals surface area contributed by atoms with Crippen LogP contribution in [0.2, 0.25) is 0 Å². The van der Waals surface area contributed by atoms with Gasteiger partial charge < -0.3 is 4.74 Å². The third-order valence-corrected chi connectivity index (χ3v) is 2.17. The van der Waals surface area contributed by atoms with Crippen molar-refractivity contribution in [1.82, 2.24) is 0 Å². The molecule has 0 saturated carbocycles. The van der Waals surface area contributed by atoms with Crippen molar-refractivity contribution in [3.8, 4) is 5.75 Å². The largest absolute Gasteiger partial charge is 0.497 e. The predicted molar refractivity (Wildman–Crippen MR) is 61.4 cm³/mol. The predicted octanol–water partition coefficient (Wildman–Crippen LogP) is 3.45. The first-order valence-corrected chi connectivity index (χ1v) is 5.20. The topological polar surface area (TPSA) is 26.3 Å². The molecule has 0 aliphatic heterocycles. The molecule has 0 aromatic heterocycles. The summed E-state index contributed by atoms with van der Waals surface area (Å²) in [5.74, 6) is -0.272. The average Bonchev–Trinajstić information content (AvgIpc) is 2.14. The summed E-state index contributed by atoms with van der Waals surface area (Å²) in [6, 6.07) is 4.30. The van der Waals surface area contributed by atoms with Gasteiger partial charge >= 0.3 is 0 Å². The number of hydrogen-bond acceptors (Lipinski definition) is 2. The third kappa shape index (κ3) is 3.33. The fourth-order valence-corrected chi connectivity index (χ4v) is 1.43. The first-order valence-electron chi connectivity index (χ1n) is 5.20. The minimum Gasteiger partial charge on any atom is -0.497 e. The van der Waals surface area contributed by atoms with Crippen LogP contribution in [-0.4, -0.2) is 12.9 Å². The molecule has 0 bridgehead atoms. The van der Waals surface area contributed by atoms with Gasteiger partial charge in [0.2, 0.25) is 0 Å². The Hall–Kier alpha value is -1.38. The van der Waals surface area contributed by atoms with Crippen LogP contribution in [0.5, 0.6) is 5.75 Å². The average molecular weight is 224 g/mol. The van der Waals surface area contributed by atoms with E-state index >= 15 is 0 Å². The van der Waals surface area contributed by atoms with Gasteiger partial charge in [0.1, 0.15) is 11.6 Å². The van der Waals surface area contributed by atoms with Crippen LogP contribution in [0.1, 0.15) is 37.6 Å². The van der Waals surface area contributed by atoms with Gasteiger partial charge in [0, 0.05) is 12.5 Å². The Balaban J connectivity index is 2.93. The standard InChI is InChI=1S/C13H17FO2/c1-13(2,3)8-12(15)10-6-5-9(16-4)7-11(10)14/h5-7H,8H2,1-4H3. The normalized spacial score (nSPS) is 11.3. The van der Waals surface area contributed by atoms with E-state index in [0.717, 1.165) is 0 Å². The van der Waals surface area contributed by atoms with Crippen molar-refractivity contribution in [3.63, 3.8) is 0 Å². The fourth-order valence-electron chi connectivity index (χ4n) is 1.43. The Morgan fingerprint density at radius 2 is 2.00 bits per heavy atom. The quantitative estimate of drug-likeness (QED) is 0.735. The highest BCUT2D eigenvalue weighted by molar-refractivity contribution is 5.96. The van der Waals surface area contributed by atoms with E-state index in [9.17, 15) is 9.18 Å². The summed E-state index contributed by atoms with van der Waals surface area (Å²) in [6.07, 6.45) is 0.330. The number of ketones is 1.